The molecule has 0 aliphatic rings. The maximum absolute atomic E-state index is 12.4. The number of nitrogens with two attached hydrogens (primary N) is 1. The highest BCUT2D eigenvalue weighted by Crippen LogP contribution is 2.21. The summed E-state index contributed by atoms with van der Waals surface area (Å²) in [5, 5.41) is 23.6. The van der Waals surface area contributed by atoms with Crippen LogP contribution in [0.3, 0.4) is 0 Å². The van der Waals surface area contributed by atoms with Crippen LogP contribution >= 0.6 is 11.3 Å². The smallest absolute Gasteiger partial charge is 0.297 e. The summed E-state index contributed by atoms with van der Waals surface area (Å²) in [7, 11) is 0. The maximum Gasteiger partial charge on any atom is 0.297 e. The molecule has 0 radical (unpaired) electrons. The van der Waals surface area contributed by atoms with Gasteiger partial charge in [0.2, 0.25) is 4.96 Å². The number of nitro benzene ring substituents is 1. The SMILES string of the molecule is Cc1ccc(Cc2nnc3sc(CN)nn3c2=O)c([N+](=O)[O-])c1. The molecule has 0 amide bonds. The van der Waals surface area contributed by atoms with Gasteiger partial charge < -0.3 is 5.73 Å². The van der Waals surface area contributed by atoms with Gasteiger partial charge in [0.15, 0.2) is 0 Å². The van der Waals surface area contributed by atoms with Crippen LogP contribution < -0.4 is 11.3 Å². The van der Waals surface area contributed by atoms with E-state index in [4.69, 9.17) is 5.73 Å². The minimum absolute atomic E-state index is 0.0147. The van der Waals surface area contributed by atoms with E-state index in [1.165, 1.54) is 17.4 Å². The van der Waals surface area contributed by atoms with Gasteiger partial charge in [0.05, 0.1) is 4.92 Å². The maximum atomic E-state index is 12.4. The summed E-state index contributed by atoms with van der Waals surface area (Å²) in [4.78, 5) is 23.4. The number of rotatable bonds is 4. The molecule has 2 N–H and O–H groups in total. The van der Waals surface area contributed by atoms with Crippen molar-refractivity contribution in [1.29, 1.82) is 0 Å². The van der Waals surface area contributed by atoms with Crippen LogP contribution in [0.1, 0.15) is 21.8 Å². The summed E-state index contributed by atoms with van der Waals surface area (Å²) < 4.78 is 1.13. The van der Waals surface area contributed by atoms with Gasteiger partial charge in [-0.3, -0.25) is 14.9 Å². The summed E-state index contributed by atoms with van der Waals surface area (Å²) in [5.74, 6) is 0. The third-order valence-electron chi connectivity index (χ3n) is 3.27. The monoisotopic (exact) mass is 332 g/mol. The lowest BCUT2D eigenvalue weighted by molar-refractivity contribution is -0.385. The molecule has 10 heteroatoms. The Labute approximate surface area is 133 Å². The van der Waals surface area contributed by atoms with E-state index in [0.29, 0.717) is 15.5 Å². The van der Waals surface area contributed by atoms with Gasteiger partial charge in [-0.25, -0.2) is 0 Å². The minimum Gasteiger partial charge on any atom is -0.324 e. The van der Waals surface area contributed by atoms with E-state index in [9.17, 15) is 14.9 Å². The van der Waals surface area contributed by atoms with E-state index in [-0.39, 0.29) is 24.3 Å². The first-order valence-corrected chi connectivity index (χ1v) is 7.49. The Morgan fingerprint density at radius 3 is 2.87 bits per heavy atom. The molecule has 0 atom stereocenters. The van der Waals surface area contributed by atoms with Crippen LogP contribution in [-0.2, 0) is 13.0 Å². The highest BCUT2D eigenvalue weighted by Gasteiger charge is 2.18. The number of nitrogens with zero attached hydrogens (tertiary/aromatic N) is 5. The molecule has 23 heavy (non-hydrogen) atoms. The van der Waals surface area contributed by atoms with Crippen molar-refractivity contribution < 1.29 is 4.92 Å². The first kappa shape index (κ1) is 15.2. The fourth-order valence-corrected chi connectivity index (χ4v) is 2.86. The highest BCUT2D eigenvalue weighted by molar-refractivity contribution is 7.16. The first-order chi connectivity index (χ1) is 11.0. The molecular formula is C13H12N6O3S. The van der Waals surface area contributed by atoms with Gasteiger partial charge in [-0.15, -0.1) is 10.2 Å². The zero-order valence-electron chi connectivity index (χ0n) is 12.1. The Morgan fingerprint density at radius 2 is 2.17 bits per heavy atom. The summed E-state index contributed by atoms with van der Waals surface area (Å²) in [6.45, 7) is 1.97. The molecule has 1 aromatic carbocycles. The lowest BCUT2D eigenvalue weighted by atomic mass is 10.1. The fraction of sp³-hybridized carbons (Fsp3) is 0.231. The van der Waals surface area contributed by atoms with Gasteiger partial charge in [0, 0.05) is 24.6 Å². The molecule has 3 rings (SSSR count). The van der Waals surface area contributed by atoms with Crippen LogP contribution in [0.5, 0.6) is 0 Å². The predicted molar refractivity (Wildman–Crippen MR) is 83.5 cm³/mol. The Balaban J connectivity index is 2.07. The van der Waals surface area contributed by atoms with Gasteiger partial charge in [-0.2, -0.15) is 9.61 Å². The van der Waals surface area contributed by atoms with Crippen molar-refractivity contribution in [1.82, 2.24) is 19.8 Å². The third kappa shape index (κ3) is 2.81. The number of aryl methyl sites for hydroxylation is 1. The number of fused-ring (bicyclic) bond motifs is 1. The van der Waals surface area contributed by atoms with Crippen molar-refractivity contribution in [2.45, 2.75) is 19.9 Å². The molecular weight excluding hydrogens is 320 g/mol. The van der Waals surface area contributed by atoms with Crippen LogP contribution in [0.25, 0.3) is 4.96 Å². The number of hydrogen-bond acceptors (Lipinski definition) is 8. The standard InChI is InChI=1S/C13H12N6O3S/c1-7-2-3-8(10(4-7)19(21)22)5-9-12(20)18-13(16-15-9)23-11(6-14)17-18/h2-4H,5-6,14H2,1H3. The molecule has 2 heterocycles. The molecule has 0 fully saturated rings. The number of nitro groups is 1. The Bertz CT molecular complexity index is 964. The topological polar surface area (TPSA) is 129 Å². The third-order valence-corrected chi connectivity index (χ3v) is 4.19. The van der Waals surface area contributed by atoms with Crippen LogP contribution in [0.4, 0.5) is 5.69 Å². The Kier molecular flexibility index (Phi) is 3.84. The summed E-state index contributed by atoms with van der Waals surface area (Å²) >= 11 is 1.18. The summed E-state index contributed by atoms with van der Waals surface area (Å²) in [5.41, 5.74) is 6.29. The van der Waals surface area contributed by atoms with Crippen LogP contribution in [0.2, 0.25) is 0 Å². The van der Waals surface area contributed by atoms with Crippen LogP contribution in [0, 0.1) is 17.0 Å². The number of aromatic nitrogens is 4. The first-order valence-electron chi connectivity index (χ1n) is 6.68. The lowest BCUT2D eigenvalue weighted by Crippen LogP contribution is -2.22. The van der Waals surface area contributed by atoms with E-state index >= 15 is 0 Å². The molecule has 118 valence electrons. The Morgan fingerprint density at radius 1 is 1.39 bits per heavy atom. The van der Waals surface area contributed by atoms with E-state index in [1.54, 1.807) is 19.1 Å². The van der Waals surface area contributed by atoms with Crippen LogP contribution in [0.15, 0.2) is 23.0 Å². The molecule has 0 unspecified atom stereocenters. The minimum atomic E-state index is -0.471. The molecule has 2 aromatic heterocycles. The summed E-state index contributed by atoms with van der Waals surface area (Å²) in [6.07, 6.45) is 0.0147. The van der Waals surface area contributed by atoms with Crippen molar-refractivity contribution in [2.24, 2.45) is 5.73 Å². The molecule has 0 aliphatic heterocycles. The lowest BCUT2D eigenvalue weighted by Gasteiger charge is -2.03. The average Bonchev–Trinajstić information content (AvgIpc) is 2.95. The molecule has 3 aromatic rings. The van der Waals surface area contributed by atoms with Crippen molar-refractivity contribution in [3.8, 4) is 0 Å². The van der Waals surface area contributed by atoms with Crippen molar-refractivity contribution in [2.75, 3.05) is 0 Å². The van der Waals surface area contributed by atoms with Gasteiger partial charge in [-0.05, 0) is 12.5 Å². The van der Waals surface area contributed by atoms with Gasteiger partial charge in [0.25, 0.3) is 11.2 Å². The fourth-order valence-electron chi connectivity index (χ4n) is 2.15. The summed E-state index contributed by atoms with van der Waals surface area (Å²) in [6, 6.07) is 4.84. The predicted octanol–water partition coefficient (Wildman–Crippen LogP) is 0.812. The van der Waals surface area contributed by atoms with Crippen LogP contribution in [-0.4, -0.2) is 24.7 Å². The molecule has 0 aliphatic carbocycles. The van der Waals surface area contributed by atoms with E-state index in [2.05, 4.69) is 15.3 Å². The highest BCUT2D eigenvalue weighted by atomic mass is 32.1. The van der Waals surface area contributed by atoms with Gasteiger partial charge in [0.1, 0.15) is 10.7 Å². The average molecular weight is 332 g/mol. The van der Waals surface area contributed by atoms with Gasteiger partial charge in [-0.1, -0.05) is 23.5 Å². The van der Waals surface area contributed by atoms with E-state index in [0.717, 1.165) is 10.1 Å². The van der Waals surface area contributed by atoms with Crippen molar-refractivity contribution in [3.63, 3.8) is 0 Å². The second kappa shape index (κ2) is 5.82. The molecule has 0 bridgehead atoms. The zero-order valence-corrected chi connectivity index (χ0v) is 12.9. The largest absolute Gasteiger partial charge is 0.324 e. The molecule has 0 spiro atoms. The molecule has 9 nitrogen and oxygen atoms in total. The quantitative estimate of drug-likeness (QED) is 0.552. The number of benzene rings is 1. The molecule has 0 saturated heterocycles. The van der Waals surface area contributed by atoms with Crippen molar-refractivity contribution >= 4 is 22.0 Å². The number of hydrogen-bond donors (Lipinski definition) is 1. The normalized spacial score (nSPS) is 11.0. The Hall–Kier alpha value is -2.72. The van der Waals surface area contributed by atoms with E-state index < -0.39 is 10.5 Å². The second-order valence-electron chi connectivity index (χ2n) is 4.91. The van der Waals surface area contributed by atoms with E-state index in [1.807, 2.05) is 0 Å². The van der Waals surface area contributed by atoms with Gasteiger partial charge >= 0.3 is 0 Å². The second-order valence-corrected chi connectivity index (χ2v) is 5.95. The molecule has 0 saturated carbocycles. The van der Waals surface area contributed by atoms with Crippen molar-refractivity contribution in [3.05, 3.63) is 60.5 Å². The zero-order chi connectivity index (χ0) is 16.6.